The van der Waals surface area contributed by atoms with Crippen molar-refractivity contribution in [3.63, 3.8) is 0 Å². The number of aromatic nitrogens is 2. The first-order valence-electron chi connectivity index (χ1n) is 7.80. The molecule has 0 saturated carbocycles. The van der Waals surface area contributed by atoms with Crippen LogP contribution >= 0.6 is 0 Å². The van der Waals surface area contributed by atoms with Crippen LogP contribution in [0.5, 0.6) is 0 Å². The lowest BCUT2D eigenvalue weighted by molar-refractivity contribution is -0.123. The third-order valence-electron chi connectivity index (χ3n) is 4.17. The molecule has 1 N–H and O–H groups in total. The molecule has 116 valence electrons. The third-order valence-corrected chi connectivity index (χ3v) is 4.17. The molecule has 1 aliphatic rings. The number of carbonyl (C=O) groups excluding carboxylic acids is 1. The van der Waals surface area contributed by atoms with E-state index in [-0.39, 0.29) is 5.91 Å². The molecule has 2 rings (SSSR count). The van der Waals surface area contributed by atoms with Crippen LogP contribution in [0, 0.1) is 6.92 Å². The van der Waals surface area contributed by atoms with Gasteiger partial charge >= 0.3 is 0 Å². The van der Waals surface area contributed by atoms with Gasteiger partial charge in [0, 0.05) is 31.5 Å². The van der Waals surface area contributed by atoms with Crippen LogP contribution in [-0.4, -0.2) is 46.0 Å². The molecule has 0 aromatic carbocycles. The number of piperidine rings is 1. The Kier molecular flexibility index (Phi) is 5.99. The van der Waals surface area contributed by atoms with Crippen LogP contribution in [0.2, 0.25) is 0 Å². The maximum absolute atomic E-state index is 11.9. The molecule has 0 bridgehead atoms. The number of imidazole rings is 1. The van der Waals surface area contributed by atoms with E-state index in [2.05, 4.69) is 26.3 Å². The molecule has 1 atom stereocenters. The highest BCUT2D eigenvalue weighted by molar-refractivity contribution is 5.78. The highest BCUT2D eigenvalue weighted by atomic mass is 16.2. The first kappa shape index (κ1) is 15.8. The van der Waals surface area contributed by atoms with Crippen LogP contribution in [0.4, 0.5) is 0 Å². The summed E-state index contributed by atoms with van der Waals surface area (Å²) in [6.45, 7) is 8.70. The number of nitrogens with one attached hydrogen (secondary N) is 1. The minimum absolute atomic E-state index is 0.0978. The molecule has 0 radical (unpaired) electrons. The van der Waals surface area contributed by atoms with Gasteiger partial charge in [0.05, 0.1) is 6.54 Å². The summed E-state index contributed by atoms with van der Waals surface area (Å²) in [6.07, 6.45) is 10.3. The quantitative estimate of drug-likeness (QED) is 0.778. The summed E-state index contributed by atoms with van der Waals surface area (Å²) in [5.74, 6) is 1.15. The minimum Gasteiger partial charge on any atom is -0.352 e. The van der Waals surface area contributed by atoms with E-state index in [9.17, 15) is 4.79 Å². The van der Waals surface area contributed by atoms with Gasteiger partial charge in [-0.1, -0.05) is 12.5 Å². The zero-order chi connectivity index (χ0) is 15.1. The zero-order valence-corrected chi connectivity index (χ0v) is 12.9. The lowest BCUT2D eigenvalue weighted by Crippen LogP contribution is -2.46. The average molecular weight is 290 g/mol. The van der Waals surface area contributed by atoms with E-state index in [1.807, 2.05) is 19.3 Å². The summed E-state index contributed by atoms with van der Waals surface area (Å²) in [4.78, 5) is 18.5. The molecule has 2 heterocycles. The van der Waals surface area contributed by atoms with Crippen molar-refractivity contribution in [3.8, 4) is 0 Å². The van der Waals surface area contributed by atoms with Crippen molar-refractivity contribution in [3.05, 3.63) is 30.9 Å². The van der Waals surface area contributed by atoms with Crippen molar-refractivity contribution in [1.29, 1.82) is 0 Å². The number of aryl methyl sites for hydroxylation is 2. The first-order valence-corrected chi connectivity index (χ1v) is 7.80. The Hall–Kier alpha value is -1.62. The largest absolute Gasteiger partial charge is 0.352 e. The summed E-state index contributed by atoms with van der Waals surface area (Å²) < 4.78 is 2.19. The van der Waals surface area contributed by atoms with Gasteiger partial charge in [0.25, 0.3) is 0 Å². The summed E-state index contributed by atoms with van der Waals surface area (Å²) in [6, 6.07) is 0.495. The number of likely N-dealkylation sites (tertiary alicyclic amines) is 1. The van der Waals surface area contributed by atoms with E-state index in [1.54, 1.807) is 6.08 Å². The van der Waals surface area contributed by atoms with Crippen LogP contribution < -0.4 is 5.32 Å². The van der Waals surface area contributed by atoms with E-state index in [0.717, 1.165) is 25.3 Å². The van der Waals surface area contributed by atoms with Crippen molar-refractivity contribution >= 4 is 5.91 Å². The Labute approximate surface area is 127 Å². The Morgan fingerprint density at radius 1 is 1.57 bits per heavy atom. The van der Waals surface area contributed by atoms with Gasteiger partial charge in [0.15, 0.2) is 0 Å². The van der Waals surface area contributed by atoms with E-state index >= 15 is 0 Å². The molecule has 5 heteroatoms. The standard InChI is InChI=1S/C16H26N4O/c1-3-8-18-16(21)13-20-10-5-4-6-15(20)7-11-19-12-9-17-14(19)2/h3,9,12,15H,1,4-8,10-11,13H2,2H3,(H,18,21)/t15-/m0/s1. The Morgan fingerprint density at radius 2 is 2.43 bits per heavy atom. The van der Waals surface area contributed by atoms with Crippen LogP contribution in [0.15, 0.2) is 25.0 Å². The number of rotatable bonds is 7. The van der Waals surface area contributed by atoms with Crippen LogP contribution in [0.25, 0.3) is 0 Å². The minimum atomic E-state index is 0.0978. The monoisotopic (exact) mass is 290 g/mol. The number of carbonyl (C=O) groups is 1. The van der Waals surface area contributed by atoms with Crippen molar-refractivity contribution < 1.29 is 4.79 Å². The molecule has 1 aromatic heterocycles. The summed E-state index contributed by atoms with van der Waals surface area (Å²) in [7, 11) is 0. The predicted molar refractivity (Wildman–Crippen MR) is 84.0 cm³/mol. The Bertz CT molecular complexity index is 469. The predicted octanol–water partition coefficient (Wildman–Crippen LogP) is 1.74. The molecule has 0 aliphatic carbocycles. The van der Waals surface area contributed by atoms with Crippen molar-refractivity contribution in [1.82, 2.24) is 19.8 Å². The highest BCUT2D eigenvalue weighted by Gasteiger charge is 2.23. The van der Waals surface area contributed by atoms with Gasteiger partial charge in [0.2, 0.25) is 5.91 Å². The van der Waals surface area contributed by atoms with Gasteiger partial charge in [-0.2, -0.15) is 0 Å². The fourth-order valence-corrected chi connectivity index (χ4v) is 2.95. The van der Waals surface area contributed by atoms with Gasteiger partial charge in [-0.3, -0.25) is 9.69 Å². The Balaban J connectivity index is 1.85. The number of amides is 1. The van der Waals surface area contributed by atoms with E-state index < -0.39 is 0 Å². The smallest absolute Gasteiger partial charge is 0.234 e. The summed E-state index contributed by atoms with van der Waals surface area (Å²) >= 11 is 0. The van der Waals surface area contributed by atoms with Gasteiger partial charge in [-0.25, -0.2) is 4.98 Å². The van der Waals surface area contributed by atoms with Gasteiger partial charge in [-0.05, 0) is 32.7 Å². The maximum Gasteiger partial charge on any atom is 0.234 e. The molecule has 1 aliphatic heterocycles. The first-order chi connectivity index (χ1) is 10.2. The number of hydrogen-bond acceptors (Lipinski definition) is 3. The SMILES string of the molecule is C=CCNC(=O)CN1CCCC[C@H]1CCn1ccnc1C. The van der Waals surface area contributed by atoms with Crippen molar-refractivity contribution in [2.45, 2.75) is 45.2 Å². The molecule has 1 aromatic rings. The molecule has 1 saturated heterocycles. The van der Waals surface area contributed by atoms with Crippen LogP contribution in [0.1, 0.15) is 31.5 Å². The fourth-order valence-electron chi connectivity index (χ4n) is 2.95. The molecule has 1 amide bonds. The summed E-state index contributed by atoms with van der Waals surface area (Å²) in [5, 5.41) is 2.87. The Morgan fingerprint density at radius 3 is 3.14 bits per heavy atom. The van der Waals surface area contributed by atoms with Gasteiger partial charge < -0.3 is 9.88 Å². The molecule has 0 spiro atoms. The van der Waals surface area contributed by atoms with Crippen LogP contribution in [0.3, 0.4) is 0 Å². The third kappa shape index (κ3) is 4.70. The molecule has 1 fully saturated rings. The lowest BCUT2D eigenvalue weighted by atomic mass is 9.99. The molecular formula is C16H26N4O. The van der Waals surface area contributed by atoms with Crippen molar-refractivity contribution in [2.75, 3.05) is 19.6 Å². The molecule has 21 heavy (non-hydrogen) atoms. The zero-order valence-electron chi connectivity index (χ0n) is 12.9. The second-order valence-electron chi connectivity index (χ2n) is 5.67. The summed E-state index contributed by atoms with van der Waals surface area (Å²) in [5.41, 5.74) is 0. The van der Waals surface area contributed by atoms with Crippen LogP contribution in [-0.2, 0) is 11.3 Å². The van der Waals surface area contributed by atoms with E-state index in [4.69, 9.17) is 0 Å². The van der Waals surface area contributed by atoms with Crippen molar-refractivity contribution in [2.24, 2.45) is 0 Å². The molecular weight excluding hydrogens is 264 g/mol. The van der Waals surface area contributed by atoms with E-state index in [0.29, 0.717) is 19.1 Å². The number of nitrogens with zero attached hydrogens (tertiary/aromatic N) is 3. The maximum atomic E-state index is 11.9. The molecule has 5 nitrogen and oxygen atoms in total. The topological polar surface area (TPSA) is 50.2 Å². The normalized spacial score (nSPS) is 19.4. The lowest BCUT2D eigenvalue weighted by Gasteiger charge is -2.35. The highest BCUT2D eigenvalue weighted by Crippen LogP contribution is 2.20. The second-order valence-corrected chi connectivity index (χ2v) is 5.67. The average Bonchev–Trinajstić information content (AvgIpc) is 2.89. The van der Waals surface area contributed by atoms with E-state index in [1.165, 1.54) is 19.3 Å². The van der Waals surface area contributed by atoms with Gasteiger partial charge in [0.1, 0.15) is 5.82 Å². The number of hydrogen-bond donors (Lipinski definition) is 1. The van der Waals surface area contributed by atoms with Gasteiger partial charge in [-0.15, -0.1) is 6.58 Å². The fraction of sp³-hybridized carbons (Fsp3) is 0.625. The second kappa shape index (κ2) is 7.98. The molecule has 0 unspecified atom stereocenters.